The van der Waals surface area contributed by atoms with Crippen LogP contribution >= 0.6 is 15.9 Å². The number of nitrogens with one attached hydrogen (secondary N) is 2. The van der Waals surface area contributed by atoms with Gasteiger partial charge in [-0.1, -0.05) is 15.9 Å². The molecule has 0 spiro atoms. The van der Waals surface area contributed by atoms with E-state index in [2.05, 4.69) is 26.0 Å². The average Bonchev–Trinajstić information content (AvgIpc) is 2.57. The first-order chi connectivity index (χ1) is 11.7. The van der Waals surface area contributed by atoms with E-state index in [4.69, 9.17) is 4.74 Å². The van der Waals surface area contributed by atoms with Crippen molar-refractivity contribution in [2.45, 2.75) is 18.7 Å². The highest BCUT2D eigenvalue weighted by molar-refractivity contribution is 9.10. The van der Waals surface area contributed by atoms with E-state index in [0.29, 0.717) is 5.69 Å². The van der Waals surface area contributed by atoms with Gasteiger partial charge in [0, 0.05) is 15.7 Å². The van der Waals surface area contributed by atoms with E-state index in [0.717, 1.165) is 15.6 Å². The Hall–Kier alpha value is -1.90. The number of halogens is 1. The Bertz CT molecular complexity index is 903. The smallest absolute Gasteiger partial charge is 0.255 e. The summed E-state index contributed by atoms with van der Waals surface area (Å²) in [6.07, 6.45) is 0. The van der Waals surface area contributed by atoms with Crippen LogP contribution in [0.15, 0.2) is 39.7 Å². The molecule has 0 saturated carbocycles. The second kappa shape index (κ2) is 7.55. The molecule has 1 amide bonds. The number of carbonyl (C=O) groups excluding carboxylic acids is 1. The van der Waals surface area contributed by atoms with E-state index in [1.165, 1.54) is 32.4 Å². The molecular weight excluding hydrogens is 408 g/mol. The number of amides is 1. The fourth-order valence-corrected chi connectivity index (χ4v) is 4.04. The third-order valence-electron chi connectivity index (χ3n) is 3.72. The second-order valence-electron chi connectivity index (χ2n) is 5.44. The lowest BCUT2D eigenvalue weighted by molar-refractivity contribution is 0.102. The standard InChI is InChI=1S/C17H19BrN2O4S/c1-10-7-13(18)8-11(2)16(10)20-17(21)12-5-6-14(24-4)15(9-12)25(22,23)19-3/h5-9,19H,1-4H3,(H,20,21). The number of hydrogen-bond donors (Lipinski definition) is 2. The van der Waals surface area contributed by atoms with E-state index in [1.54, 1.807) is 0 Å². The molecule has 0 aliphatic rings. The van der Waals surface area contributed by atoms with Crippen LogP contribution in [0.5, 0.6) is 5.75 Å². The van der Waals surface area contributed by atoms with Crippen molar-refractivity contribution < 1.29 is 17.9 Å². The van der Waals surface area contributed by atoms with Crippen molar-refractivity contribution in [1.29, 1.82) is 0 Å². The molecule has 0 radical (unpaired) electrons. The number of anilines is 1. The number of benzene rings is 2. The molecule has 25 heavy (non-hydrogen) atoms. The molecule has 8 heteroatoms. The van der Waals surface area contributed by atoms with Crippen LogP contribution in [0.25, 0.3) is 0 Å². The topological polar surface area (TPSA) is 84.5 Å². The maximum Gasteiger partial charge on any atom is 0.255 e. The molecule has 0 atom stereocenters. The van der Waals surface area contributed by atoms with Crippen LogP contribution in [-0.4, -0.2) is 28.5 Å². The Kier molecular flexibility index (Phi) is 5.87. The first kappa shape index (κ1) is 19.4. The van der Waals surface area contributed by atoms with Gasteiger partial charge in [0.25, 0.3) is 5.91 Å². The lowest BCUT2D eigenvalue weighted by Crippen LogP contribution is -2.21. The van der Waals surface area contributed by atoms with E-state index in [1.807, 2.05) is 26.0 Å². The molecule has 2 N–H and O–H groups in total. The SMILES string of the molecule is CNS(=O)(=O)c1cc(C(=O)Nc2c(C)cc(Br)cc2C)ccc1OC. The molecule has 0 unspecified atom stereocenters. The van der Waals surface area contributed by atoms with Gasteiger partial charge in [0.2, 0.25) is 10.0 Å². The van der Waals surface area contributed by atoms with Gasteiger partial charge < -0.3 is 10.1 Å². The largest absolute Gasteiger partial charge is 0.495 e. The Labute approximate surface area is 155 Å². The Balaban J connectivity index is 2.43. The highest BCUT2D eigenvalue weighted by Gasteiger charge is 2.20. The van der Waals surface area contributed by atoms with Crippen LogP contribution in [-0.2, 0) is 10.0 Å². The summed E-state index contributed by atoms with van der Waals surface area (Å²) in [6, 6.07) is 8.07. The summed E-state index contributed by atoms with van der Waals surface area (Å²) in [4.78, 5) is 12.5. The van der Waals surface area contributed by atoms with Crippen molar-refractivity contribution in [3.8, 4) is 5.75 Å². The van der Waals surface area contributed by atoms with Gasteiger partial charge in [-0.15, -0.1) is 0 Å². The number of ether oxygens (including phenoxy) is 1. The minimum absolute atomic E-state index is 0.0885. The molecule has 0 aliphatic carbocycles. The lowest BCUT2D eigenvalue weighted by atomic mass is 10.1. The summed E-state index contributed by atoms with van der Waals surface area (Å²) in [5.41, 5.74) is 2.71. The number of methoxy groups -OCH3 is 1. The third kappa shape index (κ3) is 4.20. The van der Waals surface area contributed by atoms with Crippen molar-refractivity contribution >= 4 is 37.5 Å². The predicted molar refractivity (Wildman–Crippen MR) is 101 cm³/mol. The first-order valence-corrected chi connectivity index (χ1v) is 9.67. The summed E-state index contributed by atoms with van der Waals surface area (Å²) in [5.74, 6) is -0.231. The molecule has 0 aromatic heterocycles. The number of sulfonamides is 1. The number of rotatable bonds is 5. The number of hydrogen-bond acceptors (Lipinski definition) is 4. The zero-order valence-corrected chi connectivity index (χ0v) is 16.7. The van der Waals surface area contributed by atoms with Gasteiger partial charge in [-0.3, -0.25) is 4.79 Å². The molecule has 0 fully saturated rings. The molecule has 0 saturated heterocycles. The zero-order chi connectivity index (χ0) is 18.8. The van der Waals surface area contributed by atoms with Gasteiger partial charge in [-0.25, -0.2) is 13.1 Å². The predicted octanol–water partition coefficient (Wildman–Crippen LogP) is 3.23. The van der Waals surface area contributed by atoms with Crippen LogP contribution in [0.2, 0.25) is 0 Å². The molecule has 134 valence electrons. The Morgan fingerprint density at radius 3 is 2.24 bits per heavy atom. The van der Waals surface area contributed by atoms with Gasteiger partial charge in [0.05, 0.1) is 7.11 Å². The monoisotopic (exact) mass is 426 g/mol. The first-order valence-electron chi connectivity index (χ1n) is 7.39. The lowest BCUT2D eigenvalue weighted by Gasteiger charge is -2.14. The van der Waals surface area contributed by atoms with Gasteiger partial charge in [0.15, 0.2) is 0 Å². The van der Waals surface area contributed by atoms with E-state index in [-0.39, 0.29) is 16.2 Å². The molecule has 2 aromatic rings. The number of aryl methyl sites for hydroxylation is 2. The summed E-state index contributed by atoms with van der Waals surface area (Å²) in [5, 5.41) is 2.84. The van der Waals surface area contributed by atoms with Crippen LogP contribution < -0.4 is 14.8 Å². The van der Waals surface area contributed by atoms with Crippen LogP contribution in [0.1, 0.15) is 21.5 Å². The van der Waals surface area contributed by atoms with Gasteiger partial charge >= 0.3 is 0 Å². The Morgan fingerprint density at radius 1 is 1.12 bits per heavy atom. The van der Waals surface area contributed by atoms with E-state index >= 15 is 0 Å². The summed E-state index contributed by atoms with van der Waals surface area (Å²) < 4.78 is 32.5. The zero-order valence-electron chi connectivity index (χ0n) is 14.3. The maximum atomic E-state index is 12.6. The minimum atomic E-state index is -3.75. The van der Waals surface area contributed by atoms with Crippen molar-refractivity contribution in [1.82, 2.24) is 4.72 Å². The van der Waals surface area contributed by atoms with E-state index in [9.17, 15) is 13.2 Å². The van der Waals surface area contributed by atoms with Gasteiger partial charge in [0.1, 0.15) is 10.6 Å². The average molecular weight is 427 g/mol. The molecule has 0 aliphatic heterocycles. The summed E-state index contributed by atoms with van der Waals surface area (Å²) >= 11 is 3.41. The Morgan fingerprint density at radius 2 is 1.72 bits per heavy atom. The number of carbonyl (C=O) groups is 1. The normalized spacial score (nSPS) is 11.2. The highest BCUT2D eigenvalue weighted by Crippen LogP contribution is 2.28. The summed E-state index contributed by atoms with van der Waals surface area (Å²) in [7, 11) is -1.08. The minimum Gasteiger partial charge on any atom is -0.495 e. The molecule has 2 rings (SSSR count). The second-order valence-corrected chi connectivity index (χ2v) is 8.21. The summed E-state index contributed by atoms with van der Waals surface area (Å²) in [6.45, 7) is 3.77. The quantitative estimate of drug-likeness (QED) is 0.768. The molecule has 2 aromatic carbocycles. The molecule has 6 nitrogen and oxygen atoms in total. The van der Waals surface area contributed by atoms with Crippen molar-refractivity contribution in [2.24, 2.45) is 0 Å². The molecule has 0 bridgehead atoms. The van der Waals surface area contributed by atoms with Crippen molar-refractivity contribution in [3.63, 3.8) is 0 Å². The molecule has 0 heterocycles. The molecular formula is C17H19BrN2O4S. The van der Waals surface area contributed by atoms with Gasteiger partial charge in [-0.2, -0.15) is 0 Å². The third-order valence-corrected chi connectivity index (χ3v) is 5.61. The van der Waals surface area contributed by atoms with Crippen molar-refractivity contribution in [3.05, 3.63) is 51.5 Å². The fourth-order valence-electron chi connectivity index (χ4n) is 2.43. The highest BCUT2D eigenvalue weighted by atomic mass is 79.9. The van der Waals surface area contributed by atoms with Gasteiger partial charge in [-0.05, 0) is 62.4 Å². The van der Waals surface area contributed by atoms with Crippen LogP contribution in [0.4, 0.5) is 5.69 Å². The maximum absolute atomic E-state index is 12.6. The van der Waals surface area contributed by atoms with E-state index < -0.39 is 15.9 Å². The van der Waals surface area contributed by atoms with Crippen LogP contribution in [0, 0.1) is 13.8 Å². The van der Waals surface area contributed by atoms with Crippen LogP contribution in [0.3, 0.4) is 0 Å². The van der Waals surface area contributed by atoms with Crippen molar-refractivity contribution in [2.75, 3.05) is 19.5 Å². The fraction of sp³-hybridized carbons (Fsp3) is 0.235.